The molecule has 5 nitrogen and oxygen atoms in total. The number of ether oxygens (including phenoxy) is 2. The number of para-hydroxylation sites is 1. The largest absolute Gasteiger partial charge is 0.490 e. The lowest BCUT2D eigenvalue weighted by Gasteiger charge is -2.15. The Morgan fingerprint density at radius 3 is 2.55 bits per heavy atom. The van der Waals surface area contributed by atoms with Crippen LogP contribution in [0.4, 0.5) is 0 Å². The van der Waals surface area contributed by atoms with Crippen molar-refractivity contribution in [2.24, 2.45) is 0 Å². The summed E-state index contributed by atoms with van der Waals surface area (Å²) >= 11 is 0. The van der Waals surface area contributed by atoms with Gasteiger partial charge in [0, 0.05) is 19.7 Å². The second-order valence-corrected chi connectivity index (χ2v) is 7.92. The second-order valence-electron chi connectivity index (χ2n) is 7.92. The Kier molecular flexibility index (Phi) is 6.80. The van der Waals surface area contributed by atoms with Gasteiger partial charge in [-0.1, -0.05) is 36.4 Å². The summed E-state index contributed by atoms with van der Waals surface area (Å²) in [5, 5.41) is 3.02. The average Bonchev–Trinajstić information content (AvgIpc) is 3.46. The highest BCUT2D eigenvalue weighted by atomic mass is 16.5. The Balaban J connectivity index is 1.30. The van der Waals surface area contributed by atoms with Crippen LogP contribution in [0.1, 0.15) is 47.2 Å². The predicted molar refractivity (Wildman–Crippen MR) is 113 cm³/mol. The molecule has 1 amide bonds. The molecular weight excluding hydrogens is 364 g/mol. The van der Waals surface area contributed by atoms with Crippen molar-refractivity contribution in [2.75, 3.05) is 26.3 Å². The fourth-order valence-corrected chi connectivity index (χ4v) is 3.98. The third-order valence-electron chi connectivity index (χ3n) is 5.66. The Morgan fingerprint density at radius 2 is 1.79 bits per heavy atom. The number of benzene rings is 2. The van der Waals surface area contributed by atoms with Crippen LogP contribution >= 0.6 is 0 Å². The molecule has 2 aliphatic heterocycles. The number of nitrogens with one attached hydrogen (secondary N) is 1. The topological polar surface area (TPSA) is 50.8 Å². The number of carbonyl (C=O) groups is 1. The van der Waals surface area contributed by atoms with Crippen LogP contribution in [0.5, 0.6) is 5.75 Å². The zero-order valence-corrected chi connectivity index (χ0v) is 16.9. The number of carbonyl (C=O) groups excluding carboxylic acids is 1. The summed E-state index contributed by atoms with van der Waals surface area (Å²) in [5.74, 6) is 0.496. The minimum Gasteiger partial charge on any atom is -0.490 e. The maximum atomic E-state index is 12.7. The van der Waals surface area contributed by atoms with Crippen molar-refractivity contribution in [1.29, 1.82) is 0 Å². The van der Waals surface area contributed by atoms with Gasteiger partial charge < -0.3 is 14.8 Å². The zero-order valence-electron chi connectivity index (χ0n) is 16.9. The van der Waals surface area contributed by atoms with Crippen LogP contribution in [-0.4, -0.2) is 43.2 Å². The number of hydrogen-bond acceptors (Lipinski definition) is 4. The van der Waals surface area contributed by atoms with E-state index in [1.807, 2.05) is 18.2 Å². The molecule has 2 aliphatic rings. The molecule has 1 N–H and O–H groups in total. The Bertz CT molecular complexity index is 794. The Morgan fingerprint density at radius 1 is 1.03 bits per heavy atom. The molecule has 2 aromatic rings. The fourth-order valence-electron chi connectivity index (χ4n) is 3.98. The van der Waals surface area contributed by atoms with Crippen LogP contribution in [0, 0.1) is 0 Å². The maximum Gasteiger partial charge on any atom is 0.255 e. The van der Waals surface area contributed by atoms with Gasteiger partial charge in [0.15, 0.2) is 0 Å². The minimum absolute atomic E-state index is 0.117. The maximum absolute atomic E-state index is 12.7. The van der Waals surface area contributed by atoms with Crippen LogP contribution in [0.3, 0.4) is 0 Å². The molecule has 0 radical (unpaired) electrons. The number of hydrogen-bond donors (Lipinski definition) is 1. The van der Waals surface area contributed by atoms with Crippen molar-refractivity contribution in [3.05, 3.63) is 65.2 Å². The number of amides is 1. The molecule has 2 saturated heterocycles. The highest BCUT2D eigenvalue weighted by Crippen LogP contribution is 2.20. The van der Waals surface area contributed by atoms with E-state index in [-0.39, 0.29) is 12.0 Å². The van der Waals surface area contributed by atoms with Gasteiger partial charge in [-0.05, 0) is 62.0 Å². The highest BCUT2D eigenvalue weighted by Gasteiger charge is 2.18. The molecule has 29 heavy (non-hydrogen) atoms. The third kappa shape index (κ3) is 5.58. The van der Waals surface area contributed by atoms with Gasteiger partial charge in [0.05, 0.1) is 11.7 Å². The van der Waals surface area contributed by atoms with Crippen LogP contribution in [0.2, 0.25) is 0 Å². The van der Waals surface area contributed by atoms with Gasteiger partial charge in [-0.25, -0.2) is 0 Å². The summed E-state index contributed by atoms with van der Waals surface area (Å²) in [7, 11) is 0. The molecule has 0 saturated carbocycles. The van der Waals surface area contributed by atoms with Crippen molar-refractivity contribution in [2.45, 2.75) is 44.9 Å². The number of nitrogens with zero attached hydrogens (tertiary/aromatic N) is 1. The van der Waals surface area contributed by atoms with Gasteiger partial charge in [0.1, 0.15) is 12.4 Å². The summed E-state index contributed by atoms with van der Waals surface area (Å²) in [5.41, 5.74) is 2.99. The molecule has 0 aliphatic carbocycles. The molecule has 0 aromatic heterocycles. The lowest BCUT2D eigenvalue weighted by Crippen LogP contribution is -2.24. The molecular formula is C24H30N2O3. The van der Waals surface area contributed by atoms with E-state index in [4.69, 9.17) is 9.47 Å². The summed E-state index contributed by atoms with van der Waals surface area (Å²) < 4.78 is 11.5. The lowest BCUT2D eigenvalue weighted by molar-refractivity contribution is 0.0670. The van der Waals surface area contributed by atoms with Gasteiger partial charge >= 0.3 is 0 Å². The van der Waals surface area contributed by atoms with E-state index in [2.05, 4.69) is 34.5 Å². The van der Waals surface area contributed by atoms with E-state index < -0.39 is 0 Å². The molecule has 2 aromatic carbocycles. The monoisotopic (exact) mass is 394 g/mol. The van der Waals surface area contributed by atoms with E-state index >= 15 is 0 Å². The van der Waals surface area contributed by atoms with Crippen LogP contribution in [-0.2, 0) is 17.8 Å². The highest BCUT2D eigenvalue weighted by molar-refractivity contribution is 5.96. The Hall–Kier alpha value is -2.37. The third-order valence-corrected chi connectivity index (χ3v) is 5.66. The minimum atomic E-state index is -0.117. The van der Waals surface area contributed by atoms with Gasteiger partial charge in [0.25, 0.3) is 5.91 Å². The van der Waals surface area contributed by atoms with Crippen LogP contribution in [0.15, 0.2) is 48.5 Å². The molecule has 0 bridgehead atoms. The fraction of sp³-hybridized carbons (Fsp3) is 0.458. The summed E-state index contributed by atoms with van der Waals surface area (Å²) in [6.45, 7) is 5.21. The molecule has 5 heteroatoms. The smallest absolute Gasteiger partial charge is 0.255 e. The number of likely N-dealkylation sites (tertiary alicyclic amines) is 1. The first-order valence-corrected chi connectivity index (χ1v) is 10.7. The van der Waals surface area contributed by atoms with E-state index in [9.17, 15) is 4.79 Å². The standard InChI is InChI=1S/C24H30N2O3/c27-24(22-7-1-2-8-23(22)29-18-21-6-5-15-28-21)25-16-19-9-11-20(12-10-19)17-26-13-3-4-14-26/h1-2,7-12,21H,3-6,13-18H2,(H,25,27). The van der Waals surface area contributed by atoms with E-state index in [1.165, 1.54) is 31.5 Å². The molecule has 1 unspecified atom stereocenters. The molecule has 1 atom stereocenters. The van der Waals surface area contributed by atoms with E-state index in [0.29, 0.717) is 24.5 Å². The van der Waals surface area contributed by atoms with Crippen LogP contribution in [0.25, 0.3) is 0 Å². The van der Waals surface area contributed by atoms with Crippen molar-refractivity contribution >= 4 is 5.91 Å². The molecule has 0 spiro atoms. The Labute approximate surface area is 173 Å². The van der Waals surface area contributed by atoms with Gasteiger partial charge in [-0.15, -0.1) is 0 Å². The van der Waals surface area contributed by atoms with Gasteiger partial charge in [-0.2, -0.15) is 0 Å². The molecule has 4 rings (SSSR count). The average molecular weight is 395 g/mol. The first kappa shape index (κ1) is 19.9. The SMILES string of the molecule is O=C(NCc1ccc(CN2CCCC2)cc1)c1ccccc1OCC1CCCO1. The zero-order chi connectivity index (χ0) is 19.9. The van der Waals surface area contributed by atoms with Crippen molar-refractivity contribution in [3.8, 4) is 5.75 Å². The summed E-state index contributed by atoms with van der Waals surface area (Å²) in [4.78, 5) is 15.2. The van der Waals surface area contributed by atoms with Crippen molar-refractivity contribution in [3.63, 3.8) is 0 Å². The van der Waals surface area contributed by atoms with Crippen molar-refractivity contribution in [1.82, 2.24) is 10.2 Å². The molecule has 154 valence electrons. The summed E-state index contributed by atoms with van der Waals surface area (Å²) in [6, 6.07) is 15.9. The quantitative estimate of drug-likeness (QED) is 0.741. The summed E-state index contributed by atoms with van der Waals surface area (Å²) in [6.07, 6.45) is 4.84. The van der Waals surface area contributed by atoms with Crippen LogP contribution < -0.4 is 10.1 Å². The number of rotatable bonds is 8. The normalized spacial score (nSPS) is 19.4. The van der Waals surface area contributed by atoms with E-state index in [1.54, 1.807) is 6.07 Å². The van der Waals surface area contributed by atoms with Crippen molar-refractivity contribution < 1.29 is 14.3 Å². The molecule has 2 heterocycles. The first-order valence-electron chi connectivity index (χ1n) is 10.7. The lowest BCUT2D eigenvalue weighted by atomic mass is 10.1. The first-order chi connectivity index (χ1) is 14.3. The second kappa shape index (κ2) is 9.90. The van der Waals surface area contributed by atoms with Gasteiger partial charge in [0.2, 0.25) is 0 Å². The predicted octanol–water partition coefficient (Wildman–Crippen LogP) is 3.77. The van der Waals surface area contributed by atoms with Gasteiger partial charge in [-0.3, -0.25) is 9.69 Å². The molecule has 2 fully saturated rings. The van der Waals surface area contributed by atoms with E-state index in [0.717, 1.165) is 31.6 Å².